The Bertz CT molecular complexity index is 604. The van der Waals surface area contributed by atoms with Gasteiger partial charge in [-0.1, -0.05) is 6.07 Å². The molecule has 2 aromatic carbocycles. The fourth-order valence-electron chi connectivity index (χ4n) is 2.17. The summed E-state index contributed by atoms with van der Waals surface area (Å²) in [6.45, 7) is 3.91. The van der Waals surface area contributed by atoms with Gasteiger partial charge < -0.3 is 10.6 Å². The summed E-state index contributed by atoms with van der Waals surface area (Å²) in [5, 5.41) is 0. The van der Waals surface area contributed by atoms with Crippen LogP contribution in [0.25, 0.3) is 0 Å². The third kappa shape index (κ3) is 2.52. The van der Waals surface area contributed by atoms with Crippen molar-refractivity contribution in [3.8, 4) is 0 Å². The molecule has 4 heteroatoms. The van der Waals surface area contributed by atoms with E-state index in [-0.39, 0.29) is 11.4 Å². The van der Waals surface area contributed by atoms with Gasteiger partial charge in [-0.25, -0.2) is 8.78 Å². The molecule has 0 radical (unpaired) electrons. The van der Waals surface area contributed by atoms with Crippen LogP contribution in [0.2, 0.25) is 0 Å². The van der Waals surface area contributed by atoms with E-state index in [2.05, 4.69) is 0 Å². The van der Waals surface area contributed by atoms with Crippen molar-refractivity contribution in [2.75, 3.05) is 17.7 Å². The van der Waals surface area contributed by atoms with Crippen LogP contribution in [0.5, 0.6) is 0 Å². The molecule has 0 amide bonds. The molecular formula is C15H16F2N2. The average Bonchev–Trinajstić information content (AvgIpc) is 2.33. The molecule has 2 N–H and O–H groups in total. The van der Waals surface area contributed by atoms with Gasteiger partial charge in [0.1, 0.15) is 5.69 Å². The second-order valence-electron chi connectivity index (χ2n) is 4.70. The van der Waals surface area contributed by atoms with Crippen molar-refractivity contribution in [1.29, 1.82) is 0 Å². The standard InChI is InChI=1S/C15H16F2N2/c1-9-6-10(2)8-11(7-9)19(3)15-13(18)5-4-12(16)14(15)17/h4-8H,18H2,1-3H3. The molecule has 0 saturated heterocycles. The summed E-state index contributed by atoms with van der Waals surface area (Å²) in [6, 6.07) is 8.21. The summed E-state index contributed by atoms with van der Waals surface area (Å²) in [5.74, 6) is -1.83. The Morgan fingerprint density at radius 2 is 1.58 bits per heavy atom. The number of anilines is 3. The van der Waals surface area contributed by atoms with E-state index in [4.69, 9.17) is 5.73 Å². The fourth-order valence-corrected chi connectivity index (χ4v) is 2.17. The lowest BCUT2D eigenvalue weighted by Crippen LogP contribution is -2.14. The van der Waals surface area contributed by atoms with Crippen molar-refractivity contribution >= 4 is 17.1 Å². The Hall–Kier alpha value is -2.10. The highest BCUT2D eigenvalue weighted by Crippen LogP contribution is 2.33. The lowest BCUT2D eigenvalue weighted by Gasteiger charge is -2.23. The summed E-state index contributed by atoms with van der Waals surface area (Å²) in [7, 11) is 1.67. The highest BCUT2D eigenvalue weighted by atomic mass is 19.2. The first-order valence-corrected chi connectivity index (χ1v) is 5.95. The van der Waals surface area contributed by atoms with Gasteiger partial charge in [0.05, 0.1) is 5.69 Å². The van der Waals surface area contributed by atoms with Crippen molar-refractivity contribution in [2.24, 2.45) is 0 Å². The summed E-state index contributed by atoms with van der Waals surface area (Å²) in [5.41, 5.74) is 8.90. The Morgan fingerprint density at radius 1 is 1.00 bits per heavy atom. The molecule has 2 rings (SSSR count). The third-order valence-corrected chi connectivity index (χ3v) is 3.03. The van der Waals surface area contributed by atoms with Crippen LogP contribution in [0.3, 0.4) is 0 Å². The highest BCUT2D eigenvalue weighted by molar-refractivity contribution is 5.75. The molecule has 0 aliphatic heterocycles. The number of aryl methyl sites for hydroxylation is 2. The molecule has 0 aromatic heterocycles. The molecule has 0 aliphatic rings. The summed E-state index contributed by atoms with van der Waals surface area (Å²) < 4.78 is 27.2. The maximum absolute atomic E-state index is 13.9. The smallest absolute Gasteiger partial charge is 0.184 e. The van der Waals surface area contributed by atoms with Crippen LogP contribution in [-0.4, -0.2) is 7.05 Å². The van der Waals surface area contributed by atoms with Crippen molar-refractivity contribution < 1.29 is 8.78 Å². The monoisotopic (exact) mass is 262 g/mol. The van der Waals surface area contributed by atoms with E-state index in [1.165, 1.54) is 6.07 Å². The predicted molar refractivity (Wildman–Crippen MR) is 74.7 cm³/mol. The molecule has 2 nitrogen and oxygen atoms in total. The lowest BCUT2D eigenvalue weighted by atomic mass is 10.1. The van der Waals surface area contributed by atoms with E-state index in [1.54, 1.807) is 11.9 Å². The number of halogens is 2. The second-order valence-corrected chi connectivity index (χ2v) is 4.70. The molecule has 0 atom stereocenters. The summed E-state index contributed by atoms with van der Waals surface area (Å²) >= 11 is 0. The lowest BCUT2D eigenvalue weighted by molar-refractivity contribution is 0.510. The number of nitrogens with two attached hydrogens (primary N) is 1. The van der Waals surface area contributed by atoms with Crippen LogP contribution in [0.15, 0.2) is 30.3 Å². The molecule has 0 spiro atoms. The minimum atomic E-state index is -0.929. The molecule has 19 heavy (non-hydrogen) atoms. The zero-order valence-corrected chi connectivity index (χ0v) is 11.2. The zero-order chi connectivity index (χ0) is 14.2. The maximum Gasteiger partial charge on any atom is 0.184 e. The average molecular weight is 262 g/mol. The molecule has 0 aliphatic carbocycles. The quantitative estimate of drug-likeness (QED) is 0.831. The van der Waals surface area contributed by atoms with Crippen molar-refractivity contribution in [2.45, 2.75) is 13.8 Å². The first kappa shape index (κ1) is 13.3. The fraction of sp³-hybridized carbons (Fsp3) is 0.200. The highest BCUT2D eigenvalue weighted by Gasteiger charge is 2.17. The molecule has 0 heterocycles. The number of benzene rings is 2. The Labute approximate surface area is 111 Å². The predicted octanol–water partition coefficient (Wildman–Crippen LogP) is 3.93. The van der Waals surface area contributed by atoms with Gasteiger partial charge in [-0.3, -0.25) is 0 Å². The number of hydrogen-bond donors (Lipinski definition) is 1. The topological polar surface area (TPSA) is 29.3 Å². The van der Waals surface area contributed by atoms with Gasteiger partial charge in [-0.2, -0.15) is 0 Å². The molecule has 100 valence electrons. The Morgan fingerprint density at radius 3 is 2.16 bits per heavy atom. The van der Waals surface area contributed by atoms with Gasteiger partial charge in [0.2, 0.25) is 0 Å². The van der Waals surface area contributed by atoms with E-state index in [0.717, 1.165) is 22.9 Å². The van der Waals surface area contributed by atoms with E-state index in [1.807, 2.05) is 32.0 Å². The second kappa shape index (κ2) is 4.88. The SMILES string of the molecule is Cc1cc(C)cc(N(C)c2c(N)ccc(F)c2F)c1. The molecular weight excluding hydrogens is 246 g/mol. The van der Waals surface area contributed by atoms with Crippen LogP contribution in [0.4, 0.5) is 25.8 Å². The van der Waals surface area contributed by atoms with Crippen molar-refractivity contribution in [3.63, 3.8) is 0 Å². The molecule has 0 bridgehead atoms. The maximum atomic E-state index is 13.9. The normalized spacial score (nSPS) is 10.6. The van der Waals surface area contributed by atoms with E-state index in [9.17, 15) is 8.78 Å². The zero-order valence-electron chi connectivity index (χ0n) is 11.2. The largest absolute Gasteiger partial charge is 0.397 e. The van der Waals surface area contributed by atoms with Gasteiger partial charge in [-0.15, -0.1) is 0 Å². The van der Waals surface area contributed by atoms with Crippen molar-refractivity contribution in [3.05, 3.63) is 53.1 Å². The van der Waals surface area contributed by atoms with Crippen LogP contribution in [0.1, 0.15) is 11.1 Å². The van der Waals surface area contributed by atoms with Gasteiger partial charge in [0.25, 0.3) is 0 Å². The molecule has 0 fully saturated rings. The first-order chi connectivity index (χ1) is 8.90. The minimum absolute atomic E-state index is 0.0602. The Kier molecular flexibility index (Phi) is 3.42. The van der Waals surface area contributed by atoms with E-state index < -0.39 is 11.6 Å². The van der Waals surface area contributed by atoms with E-state index in [0.29, 0.717) is 0 Å². The van der Waals surface area contributed by atoms with E-state index >= 15 is 0 Å². The van der Waals surface area contributed by atoms with Crippen LogP contribution in [0, 0.1) is 25.5 Å². The molecule has 0 saturated carbocycles. The third-order valence-electron chi connectivity index (χ3n) is 3.03. The summed E-state index contributed by atoms with van der Waals surface area (Å²) in [6.07, 6.45) is 0. The number of hydrogen-bond acceptors (Lipinski definition) is 2. The van der Waals surface area contributed by atoms with Gasteiger partial charge in [0, 0.05) is 12.7 Å². The summed E-state index contributed by atoms with van der Waals surface area (Å²) in [4.78, 5) is 1.56. The van der Waals surface area contributed by atoms with Gasteiger partial charge in [0.15, 0.2) is 11.6 Å². The minimum Gasteiger partial charge on any atom is -0.397 e. The number of nitrogen functional groups attached to an aromatic ring is 1. The van der Waals surface area contributed by atoms with Gasteiger partial charge in [-0.05, 0) is 49.2 Å². The van der Waals surface area contributed by atoms with Crippen LogP contribution < -0.4 is 10.6 Å². The van der Waals surface area contributed by atoms with Crippen LogP contribution >= 0.6 is 0 Å². The van der Waals surface area contributed by atoms with Gasteiger partial charge >= 0.3 is 0 Å². The molecule has 2 aromatic rings. The van der Waals surface area contributed by atoms with Crippen LogP contribution in [-0.2, 0) is 0 Å². The first-order valence-electron chi connectivity index (χ1n) is 5.95. The Balaban J connectivity index is 2.55. The number of nitrogens with zero attached hydrogens (tertiary/aromatic N) is 1. The molecule has 0 unspecified atom stereocenters. The van der Waals surface area contributed by atoms with Crippen molar-refractivity contribution in [1.82, 2.24) is 0 Å². The number of rotatable bonds is 2.